The summed E-state index contributed by atoms with van der Waals surface area (Å²) < 4.78 is 0. The molecule has 0 atom stereocenters. The third kappa shape index (κ3) is 1.54. The molecule has 0 aromatic carbocycles. The molecule has 0 spiro atoms. The molecule has 0 bridgehead atoms. The van der Waals surface area contributed by atoms with Crippen LogP contribution in [0.1, 0.15) is 39.0 Å². The minimum atomic E-state index is 0.377. The Labute approximate surface area is 56.4 Å². The average molecular weight is 126 g/mol. The standard InChI is InChI=1S/C8H14O/c1-8(6-7-9)4-2-3-5-8/h7H,2-6H2,1H3. The van der Waals surface area contributed by atoms with Gasteiger partial charge < -0.3 is 4.79 Å². The third-order valence-electron chi connectivity index (χ3n) is 2.39. The van der Waals surface area contributed by atoms with Gasteiger partial charge in [-0.2, -0.15) is 0 Å². The van der Waals surface area contributed by atoms with Gasteiger partial charge in [0.25, 0.3) is 0 Å². The number of aldehydes is 1. The maximum Gasteiger partial charge on any atom is 0.120 e. The van der Waals surface area contributed by atoms with E-state index in [-0.39, 0.29) is 0 Å². The number of carbonyl (C=O) groups excluding carboxylic acids is 1. The van der Waals surface area contributed by atoms with Crippen molar-refractivity contribution >= 4 is 6.29 Å². The van der Waals surface area contributed by atoms with Gasteiger partial charge in [-0.15, -0.1) is 0 Å². The van der Waals surface area contributed by atoms with E-state index in [4.69, 9.17) is 0 Å². The van der Waals surface area contributed by atoms with Crippen molar-refractivity contribution in [3.63, 3.8) is 0 Å². The topological polar surface area (TPSA) is 17.1 Å². The van der Waals surface area contributed by atoms with Gasteiger partial charge in [-0.05, 0) is 18.3 Å². The van der Waals surface area contributed by atoms with E-state index >= 15 is 0 Å². The van der Waals surface area contributed by atoms with Crippen molar-refractivity contribution in [2.45, 2.75) is 39.0 Å². The summed E-state index contributed by atoms with van der Waals surface area (Å²) in [4.78, 5) is 10.2. The van der Waals surface area contributed by atoms with Crippen LogP contribution in [-0.2, 0) is 4.79 Å². The molecule has 1 heteroatoms. The highest BCUT2D eigenvalue weighted by Crippen LogP contribution is 2.39. The molecule has 1 saturated carbocycles. The summed E-state index contributed by atoms with van der Waals surface area (Å²) in [7, 11) is 0. The fourth-order valence-corrected chi connectivity index (χ4v) is 1.63. The van der Waals surface area contributed by atoms with Crippen LogP contribution in [0.2, 0.25) is 0 Å². The Balaban J connectivity index is 2.40. The van der Waals surface area contributed by atoms with Crippen molar-refractivity contribution in [3.8, 4) is 0 Å². The van der Waals surface area contributed by atoms with Gasteiger partial charge in [0.2, 0.25) is 0 Å². The molecular formula is C8H14O. The number of rotatable bonds is 2. The zero-order valence-corrected chi connectivity index (χ0v) is 6.02. The van der Waals surface area contributed by atoms with Gasteiger partial charge in [0.05, 0.1) is 0 Å². The Bertz CT molecular complexity index is 101. The maximum absolute atomic E-state index is 10.2. The van der Waals surface area contributed by atoms with E-state index in [0.29, 0.717) is 5.41 Å². The highest BCUT2D eigenvalue weighted by atomic mass is 16.1. The predicted molar refractivity (Wildman–Crippen MR) is 37.3 cm³/mol. The van der Waals surface area contributed by atoms with Crippen molar-refractivity contribution in [3.05, 3.63) is 0 Å². The minimum absolute atomic E-state index is 0.377. The molecule has 1 nitrogen and oxygen atoms in total. The molecule has 0 aliphatic heterocycles. The van der Waals surface area contributed by atoms with Gasteiger partial charge in [0.15, 0.2) is 0 Å². The third-order valence-corrected chi connectivity index (χ3v) is 2.39. The zero-order valence-electron chi connectivity index (χ0n) is 6.02. The molecule has 1 fully saturated rings. The van der Waals surface area contributed by atoms with Crippen molar-refractivity contribution in [1.82, 2.24) is 0 Å². The van der Waals surface area contributed by atoms with Gasteiger partial charge >= 0.3 is 0 Å². The van der Waals surface area contributed by atoms with Crippen molar-refractivity contribution in [2.24, 2.45) is 5.41 Å². The van der Waals surface area contributed by atoms with E-state index in [1.54, 1.807) is 0 Å². The second-order valence-electron chi connectivity index (χ2n) is 3.39. The van der Waals surface area contributed by atoms with Gasteiger partial charge in [0, 0.05) is 6.42 Å². The number of carbonyl (C=O) groups is 1. The van der Waals surface area contributed by atoms with E-state index in [1.807, 2.05) is 0 Å². The van der Waals surface area contributed by atoms with Crippen molar-refractivity contribution in [1.29, 1.82) is 0 Å². The van der Waals surface area contributed by atoms with E-state index in [2.05, 4.69) is 6.92 Å². The van der Waals surface area contributed by atoms with Crippen LogP contribution in [0.4, 0.5) is 0 Å². The summed E-state index contributed by atoms with van der Waals surface area (Å²) in [5.74, 6) is 0. The lowest BCUT2D eigenvalue weighted by Crippen LogP contribution is -2.10. The average Bonchev–Trinajstić information content (AvgIpc) is 2.16. The molecule has 0 heterocycles. The molecule has 0 amide bonds. The Kier molecular flexibility index (Phi) is 1.89. The van der Waals surface area contributed by atoms with Crippen LogP contribution >= 0.6 is 0 Å². The maximum atomic E-state index is 10.2. The lowest BCUT2D eigenvalue weighted by atomic mass is 9.86. The van der Waals surface area contributed by atoms with Crippen LogP contribution in [0.25, 0.3) is 0 Å². The molecule has 1 rings (SSSR count). The first kappa shape index (κ1) is 6.79. The lowest BCUT2D eigenvalue weighted by molar-refractivity contribution is -0.109. The minimum Gasteiger partial charge on any atom is -0.303 e. The summed E-state index contributed by atoms with van der Waals surface area (Å²) >= 11 is 0. The molecule has 52 valence electrons. The highest BCUT2D eigenvalue weighted by molar-refractivity contribution is 5.50. The molecule has 0 radical (unpaired) electrons. The first-order valence-electron chi connectivity index (χ1n) is 3.70. The molecule has 0 unspecified atom stereocenters. The van der Waals surface area contributed by atoms with Gasteiger partial charge in [-0.25, -0.2) is 0 Å². The Morgan fingerprint density at radius 3 is 2.44 bits per heavy atom. The fourth-order valence-electron chi connectivity index (χ4n) is 1.63. The number of hydrogen-bond acceptors (Lipinski definition) is 1. The summed E-state index contributed by atoms with van der Waals surface area (Å²) in [6.45, 7) is 2.22. The van der Waals surface area contributed by atoms with Crippen LogP contribution < -0.4 is 0 Å². The Hall–Kier alpha value is -0.330. The second-order valence-corrected chi connectivity index (χ2v) is 3.39. The van der Waals surface area contributed by atoms with Crippen LogP contribution in [-0.4, -0.2) is 6.29 Å². The molecule has 0 aromatic rings. The smallest absolute Gasteiger partial charge is 0.120 e. The number of hydrogen-bond donors (Lipinski definition) is 0. The second kappa shape index (κ2) is 2.51. The van der Waals surface area contributed by atoms with Crippen LogP contribution in [0.3, 0.4) is 0 Å². The summed E-state index contributed by atoms with van der Waals surface area (Å²) in [6.07, 6.45) is 6.99. The van der Waals surface area contributed by atoms with Crippen LogP contribution in [0.5, 0.6) is 0 Å². The van der Waals surface area contributed by atoms with Crippen LogP contribution in [0.15, 0.2) is 0 Å². The fraction of sp³-hybridized carbons (Fsp3) is 0.875. The van der Waals surface area contributed by atoms with Gasteiger partial charge in [-0.3, -0.25) is 0 Å². The zero-order chi connectivity index (χ0) is 6.74. The molecule has 0 aromatic heterocycles. The molecule has 9 heavy (non-hydrogen) atoms. The Morgan fingerprint density at radius 1 is 1.44 bits per heavy atom. The molecule has 0 saturated heterocycles. The lowest BCUT2D eigenvalue weighted by Gasteiger charge is -2.18. The van der Waals surface area contributed by atoms with E-state index < -0.39 is 0 Å². The SMILES string of the molecule is CC1(CC=O)CCCC1. The monoisotopic (exact) mass is 126 g/mol. The first-order valence-corrected chi connectivity index (χ1v) is 3.70. The predicted octanol–water partition coefficient (Wildman–Crippen LogP) is 2.16. The van der Waals surface area contributed by atoms with Crippen molar-refractivity contribution < 1.29 is 4.79 Å². The highest BCUT2D eigenvalue weighted by Gasteiger charge is 2.27. The first-order chi connectivity index (χ1) is 4.27. The van der Waals surface area contributed by atoms with E-state index in [0.717, 1.165) is 12.7 Å². The normalized spacial score (nSPS) is 24.1. The van der Waals surface area contributed by atoms with Gasteiger partial charge in [0.1, 0.15) is 6.29 Å². The van der Waals surface area contributed by atoms with E-state index in [1.165, 1.54) is 25.7 Å². The van der Waals surface area contributed by atoms with Gasteiger partial charge in [-0.1, -0.05) is 19.8 Å². The molecule has 1 aliphatic rings. The largest absolute Gasteiger partial charge is 0.303 e. The van der Waals surface area contributed by atoms with Crippen LogP contribution in [0, 0.1) is 5.41 Å². The summed E-state index contributed by atoms with van der Waals surface area (Å²) in [5, 5.41) is 0. The summed E-state index contributed by atoms with van der Waals surface area (Å²) in [6, 6.07) is 0. The van der Waals surface area contributed by atoms with E-state index in [9.17, 15) is 4.79 Å². The quantitative estimate of drug-likeness (QED) is 0.518. The molecular weight excluding hydrogens is 112 g/mol. The molecule has 0 N–H and O–H groups in total. The Morgan fingerprint density at radius 2 is 2.00 bits per heavy atom. The summed E-state index contributed by atoms with van der Waals surface area (Å²) in [5.41, 5.74) is 0.377. The van der Waals surface area contributed by atoms with Crippen molar-refractivity contribution in [2.75, 3.05) is 0 Å². The molecule has 1 aliphatic carbocycles.